The van der Waals surface area contributed by atoms with E-state index < -0.39 is 15.9 Å². The number of halogens is 1. The first-order valence-corrected chi connectivity index (χ1v) is 7.36. The molecule has 0 bridgehead atoms. The number of carbonyl (C=O) groups excluding carboxylic acids is 1. The van der Waals surface area contributed by atoms with Crippen molar-refractivity contribution in [3.63, 3.8) is 0 Å². The quantitative estimate of drug-likeness (QED) is 0.800. The third-order valence-corrected chi connectivity index (χ3v) is 3.88. The Morgan fingerprint density at radius 2 is 2.16 bits per heavy atom. The van der Waals surface area contributed by atoms with Crippen molar-refractivity contribution < 1.29 is 17.9 Å². The molecule has 0 saturated heterocycles. The fourth-order valence-electron chi connectivity index (χ4n) is 1.30. The molecule has 8 heteroatoms. The lowest BCUT2D eigenvalue weighted by Crippen LogP contribution is -2.25. The van der Waals surface area contributed by atoms with Crippen molar-refractivity contribution in [1.82, 2.24) is 4.72 Å². The lowest BCUT2D eigenvalue weighted by molar-refractivity contribution is 0.0997. The van der Waals surface area contributed by atoms with Crippen LogP contribution in [0, 0.1) is 0 Å². The van der Waals surface area contributed by atoms with Crippen LogP contribution in [0.15, 0.2) is 34.2 Å². The second-order valence-corrected chi connectivity index (χ2v) is 6.46. The Labute approximate surface area is 119 Å². The van der Waals surface area contributed by atoms with E-state index >= 15 is 0 Å². The van der Waals surface area contributed by atoms with Gasteiger partial charge in [-0.1, -0.05) is 22.5 Å². The largest absolute Gasteiger partial charge is 0.496 e. The maximum absolute atomic E-state index is 11.9. The Bertz CT molecular complexity index is 613. The van der Waals surface area contributed by atoms with E-state index in [0.717, 1.165) is 0 Å². The van der Waals surface area contributed by atoms with Gasteiger partial charge in [0.2, 0.25) is 10.0 Å². The summed E-state index contributed by atoms with van der Waals surface area (Å²) in [5, 5.41) is 0. The van der Waals surface area contributed by atoms with E-state index in [-0.39, 0.29) is 22.8 Å². The molecule has 1 aromatic rings. The van der Waals surface area contributed by atoms with Gasteiger partial charge in [-0.2, -0.15) is 0 Å². The second-order valence-electron chi connectivity index (χ2n) is 3.57. The number of primary amides is 1. The van der Waals surface area contributed by atoms with Gasteiger partial charge in [0, 0.05) is 11.0 Å². The Balaban J connectivity index is 3.18. The van der Waals surface area contributed by atoms with Crippen molar-refractivity contribution in [1.29, 1.82) is 0 Å². The highest BCUT2D eigenvalue weighted by Crippen LogP contribution is 2.22. The molecule has 1 amide bonds. The first-order valence-electron chi connectivity index (χ1n) is 5.08. The predicted molar refractivity (Wildman–Crippen MR) is 74.8 cm³/mol. The van der Waals surface area contributed by atoms with E-state index in [2.05, 4.69) is 27.2 Å². The van der Waals surface area contributed by atoms with Crippen LogP contribution in [0.5, 0.6) is 5.75 Å². The summed E-state index contributed by atoms with van der Waals surface area (Å²) in [7, 11) is -2.38. The lowest BCUT2D eigenvalue weighted by atomic mass is 10.2. The average molecular weight is 349 g/mol. The first-order chi connectivity index (χ1) is 8.77. The van der Waals surface area contributed by atoms with E-state index in [1.807, 2.05) is 0 Å². The van der Waals surface area contributed by atoms with Crippen molar-refractivity contribution in [2.24, 2.45) is 5.73 Å². The third-order valence-electron chi connectivity index (χ3n) is 2.20. The van der Waals surface area contributed by atoms with Crippen LogP contribution in [0.25, 0.3) is 0 Å². The zero-order valence-corrected chi connectivity index (χ0v) is 12.5. The standard InChI is InChI=1S/C11H13BrN2O4S/c1-7(12)6-14-19(16,17)8-3-4-10(18-2)9(5-8)11(13)15/h3-5,14H,1,6H2,2H3,(H2,13,15). The molecule has 3 N–H and O–H groups in total. The molecule has 0 aliphatic rings. The summed E-state index contributed by atoms with van der Waals surface area (Å²) in [5.74, 6) is -0.546. The molecule has 0 unspecified atom stereocenters. The molecule has 0 saturated carbocycles. The molecule has 1 aromatic carbocycles. The molecular weight excluding hydrogens is 336 g/mol. The van der Waals surface area contributed by atoms with Gasteiger partial charge in [-0.05, 0) is 18.2 Å². The Kier molecular flexibility index (Phi) is 5.10. The molecule has 0 fully saturated rings. The topological polar surface area (TPSA) is 98.5 Å². The Hall–Kier alpha value is -1.38. The third kappa shape index (κ3) is 4.05. The molecule has 104 valence electrons. The monoisotopic (exact) mass is 348 g/mol. The van der Waals surface area contributed by atoms with E-state index in [4.69, 9.17) is 10.5 Å². The Morgan fingerprint density at radius 3 is 2.63 bits per heavy atom. The van der Waals surface area contributed by atoms with Crippen molar-refractivity contribution in [3.8, 4) is 5.75 Å². The number of hydrogen-bond donors (Lipinski definition) is 2. The molecule has 1 rings (SSSR count). The number of nitrogens with one attached hydrogen (secondary N) is 1. The van der Waals surface area contributed by atoms with Gasteiger partial charge in [0.05, 0.1) is 17.6 Å². The van der Waals surface area contributed by atoms with Crippen LogP contribution < -0.4 is 15.2 Å². The molecule has 0 spiro atoms. The number of carbonyl (C=O) groups is 1. The highest BCUT2D eigenvalue weighted by Gasteiger charge is 2.18. The van der Waals surface area contributed by atoms with E-state index in [9.17, 15) is 13.2 Å². The number of hydrogen-bond acceptors (Lipinski definition) is 4. The van der Waals surface area contributed by atoms with Gasteiger partial charge < -0.3 is 10.5 Å². The zero-order chi connectivity index (χ0) is 14.6. The summed E-state index contributed by atoms with van der Waals surface area (Å²) < 4.78 is 31.6. The summed E-state index contributed by atoms with van der Waals surface area (Å²) in [6, 6.07) is 3.86. The predicted octanol–water partition coefficient (Wildman–Crippen LogP) is 0.981. The maximum Gasteiger partial charge on any atom is 0.252 e. The maximum atomic E-state index is 11.9. The highest BCUT2D eigenvalue weighted by molar-refractivity contribution is 9.11. The molecule has 19 heavy (non-hydrogen) atoms. The van der Waals surface area contributed by atoms with Crippen LogP contribution in [0.3, 0.4) is 0 Å². The van der Waals surface area contributed by atoms with E-state index in [0.29, 0.717) is 4.48 Å². The molecule has 6 nitrogen and oxygen atoms in total. The highest BCUT2D eigenvalue weighted by atomic mass is 79.9. The fourth-order valence-corrected chi connectivity index (χ4v) is 2.68. The van der Waals surface area contributed by atoms with Crippen molar-refractivity contribution in [2.75, 3.05) is 13.7 Å². The van der Waals surface area contributed by atoms with Gasteiger partial charge >= 0.3 is 0 Å². The van der Waals surface area contributed by atoms with E-state index in [1.54, 1.807) is 0 Å². The first kappa shape index (κ1) is 15.7. The van der Waals surface area contributed by atoms with Gasteiger partial charge in [0.1, 0.15) is 5.75 Å². The van der Waals surface area contributed by atoms with Crippen molar-refractivity contribution in [3.05, 3.63) is 34.8 Å². The van der Waals surface area contributed by atoms with Crippen LogP contribution in [0.4, 0.5) is 0 Å². The van der Waals surface area contributed by atoms with Crippen LogP contribution in [-0.2, 0) is 10.0 Å². The summed E-state index contributed by atoms with van der Waals surface area (Å²) in [4.78, 5) is 11.2. The smallest absolute Gasteiger partial charge is 0.252 e. The minimum absolute atomic E-state index is 0.00282. The number of nitrogens with two attached hydrogens (primary N) is 1. The van der Waals surface area contributed by atoms with Crippen LogP contribution in [0.1, 0.15) is 10.4 Å². The van der Waals surface area contributed by atoms with Gasteiger partial charge in [-0.25, -0.2) is 13.1 Å². The van der Waals surface area contributed by atoms with Crippen molar-refractivity contribution in [2.45, 2.75) is 4.90 Å². The van der Waals surface area contributed by atoms with Gasteiger partial charge in [-0.3, -0.25) is 4.79 Å². The van der Waals surface area contributed by atoms with Gasteiger partial charge in [-0.15, -0.1) is 0 Å². The van der Waals surface area contributed by atoms with E-state index in [1.165, 1.54) is 25.3 Å². The minimum atomic E-state index is -3.74. The molecule has 0 atom stereocenters. The second kappa shape index (κ2) is 6.18. The number of ether oxygens (including phenoxy) is 1. The van der Waals surface area contributed by atoms with Crippen LogP contribution in [-0.4, -0.2) is 28.0 Å². The number of rotatable bonds is 6. The molecule has 0 aliphatic carbocycles. The Morgan fingerprint density at radius 1 is 1.53 bits per heavy atom. The average Bonchev–Trinajstić information content (AvgIpc) is 2.35. The van der Waals surface area contributed by atoms with Crippen molar-refractivity contribution >= 4 is 31.9 Å². The molecular formula is C11H13BrN2O4S. The number of sulfonamides is 1. The zero-order valence-electron chi connectivity index (χ0n) is 10.1. The normalized spacial score (nSPS) is 11.1. The summed E-state index contributed by atoms with van der Waals surface area (Å²) >= 11 is 3.04. The fraction of sp³-hybridized carbons (Fsp3) is 0.182. The molecule has 0 radical (unpaired) electrons. The summed E-state index contributed by atoms with van der Waals surface area (Å²) in [6.07, 6.45) is 0. The number of amides is 1. The minimum Gasteiger partial charge on any atom is -0.496 e. The SMILES string of the molecule is C=C(Br)CNS(=O)(=O)c1ccc(OC)c(C(N)=O)c1. The van der Waals surface area contributed by atoms with Gasteiger partial charge in [0.25, 0.3) is 5.91 Å². The molecule has 0 heterocycles. The molecule has 0 aromatic heterocycles. The van der Waals surface area contributed by atoms with Crippen LogP contribution >= 0.6 is 15.9 Å². The van der Waals surface area contributed by atoms with Gasteiger partial charge in [0.15, 0.2) is 0 Å². The summed E-state index contributed by atoms with van der Waals surface area (Å²) in [6.45, 7) is 3.56. The number of methoxy groups -OCH3 is 1. The lowest BCUT2D eigenvalue weighted by Gasteiger charge is -2.09. The summed E-state index contributed by atoms with van der Waals surface area (Å²) in [5.41, 5.74) is 5.17. The molecule has 0 aliphatic heterocycles. The number of benzene rings is 1. The van der Waals surface area contributed by atoms with Crippen LogP contribution in [0.2, 0.25) is 0 Å².